The van der Waals surface area contributed by atoms with Gasteiger partial charge in [0, 0.05) is 24.9 Å². The Hall–Kier alpha value is -1.69. The van der Waals surface area contributed by atoms with E-state index in [0.717, 1.165) is 31.1 Å². The molecule has 6 heteroatoms. The van der Waals surface area contributed by atoms with Gasteiger partial charge in [0.25, 0.3) is 0 Å². The molecular weight excluding hydrogens is 242 g/mol. The second-order valence-electron chi connectivity index (χ2n) is 4.98. The molecule has 2 aromatic rings. The first-order chi connectivity index (χ1) is 9.35. The SMILES string of the molecule is CCCc1nc(Cn2ccnc2CNC2CC2)no1. The van der Waals surface area contributed by atoms with Gasteiger partial charge < -0.3 is 14.4 Å². The smallest absolute Gasteiger partial charge is 0.226 e. The fourth-order valence-electron chi connectivity index (χ4n) is 2.00. The summed E-state index contributed by atoms with van der Waals surface area (Å²) in [4.78, 5) is 8.75. The normalized spacial score (nSPS) is 15.0. The highest BCUT2D eigenvalue weighted by Crippen LogP contribution is 2.19. The van der Waals surface area contributed by atoms with Gasteiger partial charge in [-0.05, 0) is 19.3 Å². The molecule has 102 valence electrons. The standard InChI is InChI=1S/C13H19N5O/c1-2-3-13-16-11(17-19-13)9-18-7-6-14-12(18)8-15-10-4-5-10/h6-7,10,15H,2-5,8-9H2,1H3. The summed E-state index contributed by atoms with van der Waals surface area (Å²) in [6.07, 6.45) is 8.20. The second-order valence-corrected chi connectivity index (χ2v) is 4.98. The van der Waals surface area contributed by atoms with Crippen LogP contribution in [0.15, 0.2) is 16.9 Å². The van der Waals surface area contributed by atoms with Crippen LogP contribution in [0, 0.1) is 0 Å². The third-order valence-corrected chi connectivity index (χ3v) is 3.21. The maximum absolute atomic E-state index is 5.19. The van der Waals surface area contributed by atoms with Crippen molar-refractivity contribution in [2.45, 2.75) is 51.7 Å². The van der Waals surface area contributed by atoms with E-state index in [0.29, 0.717) is 18.4 Å². The van der Waals surface area contributed by atoms with Crippen molar-refractivity contribution in [1.82, 2.24) is 25.0 Å². The van der Waals surface area contributed by atoms with Crippen LogP contribution in [-0.4, -0.2) is 25.7 Å². The predicted molar refractivity (Wildman–Crippen MR) is 69.5 cm³/mol. The average molecular weight is 261 g/mol. The molecule has 6 nitrogen and oxygen atoms in total. The zero-order valence-corrected chi connectivity index (χ0v) is 11.2. The molecule has 1 aliphatic carbocycles. The molecule has 1 saturated carbocycles. The number of imidazole rings is 1. The summed E-state index contributed by atoms with van der Waals surface area (Å²) in [6.45, 7) is 3.52. The Morgan fingerprint density at radius 2 is 2.37 bits per heavy atom. The van der Waals surface area contributed by atoms with Gasteiger partial charge >= 0.3 is 0 Å². The number of hydrogen-bond donors (Lipinski definition) is 1. The summed E-state index contributed by atoms with van der Waals surface area (Å²) < 4.78 is 7.26. The Kier molecular flexibility index (Phi) is 3.59. The Morgan fingerprint density at radius 3 is 3.16 bits per heavy atom. The Labute approximate surface area is 112 Å². The minimum Gasteiger partial charge on any atom is -0.339 e. The molecule has 0 atom stereocenters. The average Bonchev–Trinajstić information content (AvgIpc) is 2.97. The zero-order valence-electron chi connectivity index (χ0n) is 11.2. The summed E-state index contributed by atoms with van der Waals surface area (Å²) >= 11 is 0. The third-order valence-electron chi connectivity index (χ3n) is 3.21. The molecule has 2 heterocycles. The maximum atomic E-state index is 5.19. The summed E-state index contributed by atoms with van der Waals surface area (Å²) in [5.74, 6) is 2.46. The molecule has 0 unspecified atom stereocenters. The lowest BCUT2D eigenvalue weighted by atomic mass is 10.3. The van der Waals surface area contributed by atoms with E-state index in [4.69, 9.17) is 4.52 Å². The molecule has 0 bridgehead atoms. The Bertz CT molecular complexity index is 529. The fourth-order valence-corrected chi connectivity index (χ4v) is 2.00. The molecule has 1 aliphatic rings. The molecule has 0 spiro atoms. The van der Waals surface area contributed by atoms with Crippen LogP contribution in [0.2, 0.25) is 0 Å². The number of nitrogens with zero attached hydrogens (tertiary/aromatic N) is 4. The van der Waals surface area contributed by atoms with Gasteiger partial charge in [-0.15, -0.1) is 0 Å². The van der Waals surface area contributed by atoms with E-state index in [-0.39, 0.29) is 0 Å². The first kappa shape index (κ1) is 12.3. The Balaban J connectivity index is 1.62. The van der Waals surface area contributed by atoms with E-state index < -0.39 is 0 Å². The molecule has 19 heavy (non-hydrogen) atoms. The van der Waals surface area contributed by atoms with Gasteiger partial charge in [0.05, 0.1) is 13.1 Å². The molecule has 0 radical (unpaired) electrons. The first-order valence-corrected chi connectivity index (χ1v) is 6.90. The van der Waals surface area contributed by atoms with Crippen LogP contribution in [0.1, 0.15) is 43.7 Å². The zero-order chi connectivity index (χ0) is 13.1. The number of nitrogens with one attached hydrogen (secondary N) is 1. The first-order valence-electron chi connectivity index (χ1n) is 6.90. The van der Waals surface area contributed by atoms with Crippen molar-refractivity contribution < 1.29 is 4.52 Å². The third kappa shape index (κ3) is 3.20. The van der Waals surface area contributed by atoms with Crippen molar-refractivity contribution in [1.29, 1.82) is 0 Å². The Morgan fingerprint density at radius 1 is 1.47 bits per heavy atom. The lowest BCUT2D eigenvalue weighted by molar-refractivity contribution is 0.370. The molecular formula is C13H19N5O. The van der Waals surface area contributed by atoms with Gasteiger partial charge in [-0.1, -0.05) is 12.1 Å². The highest BCUT2D eigenvalue weighted by molar-refractivity contribution is 4.98. The minimum absolute atomic E-state index is 0.620. The summed E-state index contributed by atoms with van der Waals surface area (Å²) in [5, 5.41) is 7.47. The monoisotopic (exact) mass is 261 g/mol. The number of hydrogen-bond acceptors (Lipinski definition) is 5. The van der Waals surface area contributed by atoms with Crippen molar-refractivity contribution in [2.75, 3.05) is 0 Å². The van der Waals surface area contributed by atoms with Crippen LogP contribution in [0.3, 0.4) is 0 Å². The lowest BCUT2D eigenvalue weighted by Crippen LogP contribution is -2.19. The summed E-state index contributed by atoms with van der Waals surface area (Å²) in [6, 6.07) is 0.687. The van der Waals surface area contributed by atoms with E-state index in [1.807, 2.05) is 12.4 Å². The molecule has 3 rings (SSSR count). The maximum Gasteiger partial charge on any atom is 0.226 e. The van der Waals surface area contributed by atoms with E-state index in [1.54, 1.807) is 0 Å². The van der Waals surface area contributed by atoms with E-state index >= 15 is 0 Å². The molecule has 2 aromatic heterocycles. The molecule has 0 aromatic carbocycles. The summed E-state index contributed by atoms with van der Waals surface area (Å²) in [7, 11) is 0. The van der Waals surface area contributed by atoms with Crippen molar-refractivity contribution in [3.05, 3.63) is 29.9 Å². The quantitative estimate of drug-likeness (QED) is 0.818. The van der Waals surface area contributed by atoms with Crippen molar-refractivity contribution in [3.8, 4) is 0 Å². The van der Waals surface area contributed by atoms with Crippen LogP contribution in [-0.2, 0) is 19.5 Å². The highest BCUT2D eigenvalue weighted by Gasteiger charge is 2.21. The van der Waals surface area contributed by atoms with Gasteiger partial charge in [0.2, 0.25) is 5.89 Å². The van der Waals surface area contributed by atoms with Crippen LogP contribution in [0.4, 0.5) is 0 Å². The highest BCUT2D eigenvalue weighted by atomic mass is 16.5. The lowest BCUT2D eigenvalue weighted by Gasteiger charge is -2.05. The molecule has 0 aliphatic heterocycles. The van der Waals surface area contributed by atoms with E-state index in [2.05, 4.69) is 31.9 Å². The number of rotatable bonds is 7. The van der Waals surface area contributed by atoms with Crippen LogP contribution in [0.25, 0.3) is 0 Å². The van der Waals surface area contributed by atoms with Gasteiger partial charge in [0.15, 0.2) is 5.82 Å². The topological polar surface area (TPSA) is 68.8 Å². The van der Waals surface area contributed by atoms with Crippen molar-refractivity contribution in [2.24, 2.45) is 0 Å². The van der Waals surface area contributed by atoms with Crippen LogP contribution in [0.5, 0.6) is 0 Å². The largest absolute Gasteiger partial charge is 0.339 e. The minimum atomic E-state index is 0.620. The van der Waals surface area contributed by atoms with Gasteiger partial charge in [0.1, 0.15) is 5.82 Å². The van der Waals surface area contributed by atoms with Crippen LogP contribution < -0.4 is 5.32 Å². The predicted octanol–water partition coefficient (Wildman–Crippen LogP) is 1.52. The van der Waals surface area contributed by atoms with E-state index in [9.17, 15) is 0 Å². The molecule has 1 N–H and O–H groups in total. The van der Waals surface area contributed by atoms with Crippen molar-refractivity contribution in [3.63, 3.8) is 0 Å². The van der Waals surface area contributed by atoms with Crippen LogP contribution >= 0.6 is 0 Å². The molecule has 1 fully saturated rings. The fraction of sp³-hybridized carbons (Fsp3) is 0.615. The second kappa shape index (κ2) is 5.52. The van der Waals surface area contributed by atoms with Gasteiger partial charge in [-0.3, -0.25) is 0 Å². The van der Waals surface area contributed by atoms with E-state index in [1.165, 1.54) is 12.8 Å². The van der Waals surface area contributed by atoms with Crippen molar-refractivity contribution >= 4 is 0 Å². The van der Waals surface area contributed by atoms with Gasteiger partial charge in [-0.2, -0.15) is 4.98 Å². The van der Waals surface area contributed by atoms with Gasteiger partial charge in [-0.25, -0.2) is 4.98 Å². The summed E-state index contributed by atoms with van der Waals surface area (Å²) in [5.41, 5.74) is 0. The molecule has 0 amide bonds. The number of aryl methyl sites for hydroxylation is 1. The molecule has 0 saturated heterocycles. The number of aromatic nitrogens is 4.